The lowest BCUT2D eigenvalue weighted by molar-refractivity contribution is -0.0182. The van der Waals surface area contributed by atoms with Crippen molar-refractivity contribution in [3.8, 4) is 0 Å². The molecule has 1 aliphatic heterocycles. The molecule has 1 fully saturated rings. The Hall–Kier alpha value is -1.50. The van der Waals surface area contributed by atoms with Crippen LogP contribution in [0.3, 0.4) is 0 Å². The van der Waals surface area contributed by atoms with Crippen molar-refractivity contribution >= 4 is 5.97 Å². The van der Waals surface area contributed by atoms with Crippen LogP contribution in [0.4, 0.5) is 0 Å². The van der Waals surface area contributed by atoms with E-state index in [-0.39, 0.29) is 11.8 Å². The van der Waals surface area contributed by atoms with Crippen LogP contribution in [-0.4, -0.2) is 60.4 Å². The number of carbonyl (C=O) groups is 1. The summed E-state index contributed by atoms with van der Waals surface area (Å²) >= 11 is 0. The number of carboxylic acid groups (broad SMARTS) is 1. The van der Waals surface area contributed by atoms with Crippen LogP contribution in [0, 0.1) is 0 Å². The molecular weight excluding hydrogens is 246 g/mol. The standard InChI is InChI=1S/C13H19N3O3/c1-16-5-6-19-11(9-16)8-14-7-10-3-2-4-12(15-10)13(17)18/h2-4,11,14H,5-9H2,1H3,(H,17,18). The fourth-order valence-electron chi connectivity index (χ4n) is 2.05. The van der Waals surface area contributed by atoms with Crippen LogP contribution in [-0.2, 0) is 11.3 Å². The van der Waals surface area contributed by atoms with Gasteiger partial charge >= 0.3 is 5.97 Å². The minimum absolute atomic E-state index is 0.0768. The number of aromatic carboxylic acids is 1. The lowest BCUT2D eigenvalue weighted by Gasteiger charge is -2.30. The number of nitrogens with one attached hydrogen (secondary N) is 1. The predicted molar refractivity (Wildman–Crippen MR) is 70.1 cm³/mol. The number of likely N-dealkylation sites (N-methyl/N-ethyl adjacent to an activating group) is 1. The maximum Gasteiger partial charge on any atom is 0.354 e. The molecule has 0 amide bonds. The highest BCUT2D eigenvalue weighted by atomic mass is 16.5. The van der Waals surface area contributed by atoms with Crippen molar-refractivity contribution in [1.82, 2.24) is 15.2 Å². The Labute approximate surface area is 112 Å². The van der Waals surface area contributed by atoms with Gasteiger partial charge in [0, 0.05) is 26.2 Å². The van der Waals surface area contributed by atoms with Crippen molar-refractivity contribution < 1.29 is 14.6 Å². The van der Waals surface area contributed by atoms with E-state index in [1.54, 1.807) is 6.07 Å². The molecule has 1 aromatic rings. The molecule has 0 aromatic carbocycles. The van der Waals surface area contributed by atoms with E-state index in [1.807, 2.05) is 6.07 Å². The van der Waals surface area contributed by atoms with E-state index < -0.39 is 5.97 Å². The molecule has 6 heteroatoms. The maximum atomic E-state index is 10.8. The summed E-state index contributed by atoms with van der Waals surface area (Å²) < 4.78 is 5.63. The van der Waals surface area contributed by atoms with Gasteiger partial charge in [-0.05, 0) is 19.2 Å². The van der Waals surface area contributed by atoms with Gasteiger partial charge in [0.2, 0.25) is 0 Å². The summed E-state index contributed by atoms with van der Waals surface area (Å²) in [6, 6.07) is 5.01. The number of ether oxygens (including phenoxy) is 1. The third kappa shape index (κ3) is 4.27. The minimum Gasteiger partial charge on any atom is -0.477 e. The number of aromatic nitrogens is 1. The molecule has 0 saturated carbocycles. The molecule has 1 aliphatic rings. The Morgan fingerprint density at radius 2 is 2.47 bits per heavy atom. The quantitative estimate of drug-likeness (QED) is 0.792. The summed E-state index contributed by atoms with van der Waals surface area (Å²) in [6.45, 7) is 3.93. The zero-order valence-corrected chi connectivity index (χ0v) is 11.0. The molecule has 1 aromatic heterocycles. The van der Waals surface area contributed by atoms with E-state index in [2.05, 4.69) is 22.2 Å². The number of hydrogen-bond acceptors (Lipinski definition) is 5. The number of rotatable bonds is 5. The van der Waals surface area contributed by atoms with E-state index in [4.69, 9.17) is 9.84 Å². The summed E-state index contributed by atoms with van der Waals surface area (Å²) in [7, 11) is 2.08. The van der Waals surface area contributed by atoms with E-state index in [9.17, 15) is 4.79 Å². The van der Waals surface area contributed by atoms with Crippen molar-refractivity contribution in [2.24, 2.45) is 0 Å². The average Bonchev–Trinajstić information content (AvgIpc) is 2.39. The van der Waals surface area contributed by atoms with Crippen molar-refractivity contribution in [1.29, 1.82) is 0 Å². The SMILES string of the molecule is CN1CCOC(CNCc2cccc(C(=O)O)n2)C1. The van der Waals surface area contributed by atoms with Gasteiger partial charge in [0.15, 0.2) is 0 Å². The highest BCUT2D eigenvalue weighted by Crippen LogP contribution is 2.03. The minimum atomic E-state index is -1.00. The van der Waals surface area contributed by atoms with Gasteiger partial charge in [0.05, 0.1) is 18.4 Å². The molecule has 0 bridgehead atoms. The third-order valence-corrected chi connectivity index (χ3v) is 3.05. The van der Waals surface area contributed by atoms with Gasteiger partial charge in [-0.25, -0.2) is 9.78 Å². The fraction of sp³-hybridized carbons (Fsp3) is 0.538. The van der Waals surface area contributed by atoms with Crippen LogP contribution in [0.5, 0.6) is 0 Å². The first-order valence-corrected chi connectivity index (χ1v) is 6.35. The first kappa shape index (κ1) is 13.9. The molecule has 1 atom stereocenters. The Balaban J connectivity index is 1.79. The zero-order valence-electron chi connectivity index (χ0n) is 11.0. The summed E-state index contributed by atoms with van der Waals surface area (Å²) in [4.78, 5) is 17.1. The first-order chi connectivity index (χ1) is 9.15. The van der Waals surface area contributed by atoms with Gasteiger partial charge in [-0.1, -0.05) is 6.07 Å². The largest absolute Gasteiger partial charge is 0.477 e. The van der Waals surface area contributed by atoms with Gasteiger partial charge in [-0.3, -0.25) is 0 Å². The Morgan fingerprint density at radius 1 is 1.63 bits per heavy atom. The first-order valence-electron chi connectivity index (χ1n) is 6.35. The molecule has 2 N–H and O–H groups in total. The lowest BCUT2D eigenvalue weighted by Crippen LogP contribution is -2.44. The Bertz CT molecular complexity index is 439. The topological polar surface area (TPSA) is 74.7 Å². The van der Waals surface area contributed by atoms with Gasteiger partial charge in [0.1, 0.15) is 5.69 Å². The Kier molecular flexibility index (Phi) is 4.84. The van der Waals surface area contributed by atoms with Crippen molar-refractivity contribution in [2.45, 2.75) is 12.6 Å². The van der Waals surface area contributed by atoms with Crippen LogP contribution < -0.4 is 5.32 Å². The molecule has 6 nitrogen and oxygen atoms in total. The van der Waals surface area contributed by atoms with Crippen molar-refractivity contribution in [2.75, 3.05) is 33.3 Å². The molecule has 0 radical (unpaired) electrons. The van der Waals surface area contributed by atoms with Crippen molar-refractivity contribution in [3.05, 3.63) is 29.6 Å². The maximum absolute atomic E-state index is 10.8. The van der Waals surface area contributed by atoms with E-state index >= 15 is 0 Å². The van der Waals surface area contributed by atoms with Gasteiger partial charge in [-0.15, -0.1) is 0 Å². The van der Waals surface area contributed by atoms with Gasteiger partial charge < -0.3 is 20.1 Å². The molecule has 104 valence electrons. The predicted octanol–water partition coefficient (Wildman–Crippen LogP) is 0.200. The molecular formula is C13H19N3O3. The van der Waals surface area contributed by atoms with E-state index in [0.717, 1.165) is 31.9 Å². The summed E-state index contributed by atoms with van der Waals surface area (Å²) in [5.74, 6) is -1.00. The van der Waals surface area contributed by atoms with Crippen LogP contribution >= 0.6 is 0 Å². The molecule has 2 rings (SSSR count). The summed E-state index contributed by atoms with van der Waals surface area (Å²) in [5, 5.41) is 12.1. The van der Waals surface area contributed by atoms with Crippen LogP contribution in [0.15, 0.2) is 18.2 Å². The van der Waals surface area contributed by atoms with Crippen LogP contribution in [0.2, 0.25) is 0 Å². The van der Waals surface area contributed by atoms with Crippen LogP contribution in [0.25, 0.3) is 0 Å². The third-order valence-electron chi connectivity index (χ3n) is 3.05. The van der Waals surface area contributed by atoms with Crippen molar-refractivity contribution in [3.63, 3.8) is 0 Å². The lowest BCUT2D eigenvalue weighted by atomic mass is 10.2. The smallest absolute Gasteiger partial charge is 0.354 e. The monoisotopic (exact) mass is 265 g/mol. The number of pyridine rings is 1. The van der Waals surface area contributed by atoms with Crippen LogP contribution in [0.1, 0.15) is 16.2 Å². The normalized spacial score (nSPS) is 20.4. The molecule has 1 unspecified atom stereocenters. The molecule has 0 aliphatic carbocycles. The number of hydrogen-bond donors (Lipinski definition) is 2. The second-order valence-corrected chi connectivity index (χ2v) is 4.71. The highest BCUT2D eigenvalue weighted by Gasteiger charge is 2.16. The number of carboxylic acids is 1. The molecule has 19 heavy (non-hydrogen) atoms. The molecule has 2 heterocycles. The molecule has 0 spiro atoms. The Morgan fingerprint density at radius 3 is 3.21 bits per heavy atom. The van der Waals surface area contributed by atoms with E-state index in [1.165, 1.54) is 6.07 Å². The average molecular weight is 265 g/mol. The number of nitrogens with zero attached hydrogens (tertiary/aromatic N) is 2. The number of morpholine rings is 1. The van der Waals surface area contributed by atoms with Gasteiger partial charge in [0.25, 0.3) is 0 Å². The molecule has 1 saturated heterocycles. The fourth-order valence-corrected chi connectivity index (χ4v) is 2.05. The summed E-state index contributed by atoms with van der Waals surface area (Å²) in [5.41, 5.74) is 0.803. The highest BCUT2D eigenvalue weighted by molar-refractivity contribution is 5.85. The van der Waals surface area contributed by atoms with E-state index in [0.29, 0.717) is 6.54 Å². The second kappa shape index (κ2) is 6.60. The van der Waals surface area contributed by atoms with Gasteiger partial charge in [-0.2, -0.15) is 0 Å². The summed E-state index contributed by atoms with van der Waals surface area (Å²) in [6.07, 6.45) is 0.182. The zero-order chi connectivity index (χ0) is 13.7. The second-order valence-electron chi connectivity index (χ2n) is 4.71.